The highest BCUT2D eigenvalue weighted by molar-refractivity contribution is 9.10. The molecule has 2 rings (SSSR count). The van der Waals surface area contributed by atoms with E-state index >= 15 is 0 Å². The topological polar surface area (TPSA) is 25.2 Å². The third-order valence-electron chi connectivity index (χ3n) is 3.16. The van der Waals surface area contributed by atoms with Gasteiger partial charge in [-0.05, 0) is 54.0 Å². The first kappa shape index (κ1) is 15.2. The molecule has 1 aromatic heterocycles. The lowest BCUT2D eigenvalue weighted by Crippen LogP contribution is -2.24. The van der Waals surface area contributed by atoms with E-state index < -0.39 is 17.7 Å². The van der Waals surface area contributed by atoms with Crippen LogP contribution in [-0.2, 0) is 0 Å². The summed E-state index contributed by atoms with van der Waals surface area (Å²) in [5.41, 5.74) is 1.10. The van der Waals surface area contributed by atoms with Gasteiger partial charge in [-0.2, -0.15) is 0 Å². The lowest BCUT2D eigenvalue weighted by molar-refractivity contribution is 0.505. The fraction of sp³-hybridized carbons (Fsp3) is 0.333. The summed E-state index contributed by atoms with van der Waals surface area (Å²) < 4.78 is 33.3. The molecular formula is C15H16BrF2NO. The Bertz CT molecular complexity index is 598. The van der Waals surface area contributed by atoms with Crippen LogP contribution in [0.3, 0.4) is 0 Å². The van der Waals surface area contributed by atoms with Crippen LogP contribution in [0.15, 0.2) is 33.4 Å². The average molecular weight is 344 g/mol. The number of halogens is 3. The highest BCUT2D eigenvalue weighted by atomic mass is 79.9. The molecule has 2 aromatic rings. The number of nitrogens with one attached hydrogen (secondary N) is 1. The molecule has 1 unspecified atom stereocenters. The van der Waals surface area contributed by atoms with Gasteiger partial charge in [0.15, 0.2) is 0 Å². The standard InChI is InChI=1S/C15H16BrF2NO/c1-3-5-19-15(10-4-6-20-9(10)2)11-7-14(18)12(16)8-13(11)17/h4,6-8,15,19H,3,5H2,1-2H3. The lowest BCUT2D eigenvalue weighted by Gasteiger charge is -2.19. The van der Waals surface area contributed by atoms with Gasteiger partial charge in [0.25, 0.3) is 0 Å². The van der Waals surface area contributed by atoms with Crippen LogP contribution >= 0.6 is 15.9 Å². The fourth-order valence-electron chi connectivity index (χ4n) is 2.13. The maximum atomic E-state index is 14.2. The Morgan fingerprint density at radius 2 is 2.00 bits per heavy atom. The van der Waals surface area contributed by atoms with Crippen molar-refractivity contribution in [3.8, 4) is 0 Å². The minimum absolute atomic E-state index is 0.122. The van der Waals surface area contributed by atoms with Crippen LogP contribution in [0.25, 0.3) is 0 Å². The Morgan fingerprint density at radius 3 is 2.60 bits per heavy atom. The van der Waals surface area contributed by atoms with Crippen molar-refractivity contribution in [2.45, 2.75) is 26.3 Å². The SMILES string of the molecule is CCCNC(c1cc(F)c(Br)cc1F)c1ccoc1C. The number of rotatable bonds is 5. The molecule has 0 spiro atoms. The van der Waals surface area contributed by atoms with Crippen molar-refractivity contribution in [3.63, 3.8) is 0 Å². The summed E-state index contributed by atoms with van der Waals surface area (Å²) in [5.74, 6) is -0.236. The number of hydrogen-bond acceptors (Lipinski definition) is 2. The van der Waals surface area contributed by atoms with Crippen molar-refractivity contribution >= 4 is 15.9 Å². The summed E-state index contributed by atoms with van der Waals surface area (Å²) >= 11 is 2.99. The molecule has 0 aliphatic rings. The zero-order valence-corrected chi connectivity index (χ0v) is 12.9. The van der Waals surface area contributed by atoms with Crippen LogP contribution in [0.1, 0.15) is 36.3 Å². The zero-order valence-electron chi connectivity index (χ0n) is 11.3. The third kappa shape index (κ3) is 3.10. The van der Waals surface area contributed by atoms with E-state index in [-0.39, 0.29) is 10.0 Å². The van der Waals surface area contributed by atoms with Crippen LogP contribution in [0, 0.1) is 18.6 Å². The van der Waals surface area contributed by atoms with Crippen LogP contribution in [-0.4, -0.2) is 6.54 Å². The average Bonchev–Trinajstić information content (AvgIpc) is 2.82. The van der Waals surface area contributed by atoms with Crippen LogP contribution in [0.2, 0.25) is 0 Å². The molecule has 2 nitrogen and oxygen atoms in total. The van der Waals surface area contributed by atoms with Gasteiger partial charge in [-0.25, -0.2) is 8.78 Å². The Labute approximate surface area is 125 Å². The molecule has 1 atom stereocenters. The van der Waals surface area contributed by atoms with E-state index in [4.69, 9.17) is 4.42 Å². The van der Waals surface area contributed by atoms with Crippen LogP contribution in [0.5, 0.6) is 0 Å². The van der Waals surface area contributed by atoms with Crippen molar-refractivity contribution in [3.05, 3.63) is 57.5 Å². The van der Waals surface area contributed by atoms with Crippen molar-refractivity contribution in [1.29, 1.82) is 0 Å². The Hall–Kier alpha value is -1.20. The monoisotopic (exact) mass is 343 g/mol. The normalized spacial score (nSPS) is 12.7. The lowest BCUT2D eigenvalue weighted by atomic mass is 9.98. The summed E-state index contributed by atoms with van der Waals surface area (Å²) in [6.07, 6.45) is 2.45. The van der Waals surface area contributed by atoms with Crippen molar-refractivity contribution in [2.75, 3.05) is 6.54 Å². The van der Waals surface area contributed by atoms with Gasteiger partial charge >= 0.3 is 0 Å². The highest BCUT2D eigenvalue weighted by Crippen LogP contribution is 2.30. The van der Waals surface area contributed by atoms with Crippen molar-refractivity contribution in [1.82, 2.24) is 5.32 Å². The second-order valence-corrected chi connectivity index (χ2v) is 5.46. The predicted molar refractivity (Wildman–Crippen MR) is 77.6 cm³/mol. The molecule has 108 valence electrons. The number of hydrogen-bond donors (Lipinski definition) is 1. The van der Waals surface area contributed by atoms with Gasteiger partial charge < -0.3 is 9.73 Å². The second kappa shape index (κ2) is 6.50. The first-order valence-electron chi connectivity index (χ1n) is 6.46. The molecular weight excluding hydrogens is 328 g/mol. The number of benzene rings is 1. The molecule has 0 saturated heterocycles. The predicted octanol–water partition coefficient (Wildman–Crippen LogP) is 4.72. The third-order valence-corrected chi connectivity index (χ3v) is 3.77. The first-order valence-corrected chi connectivity index (χ1v) is 7.25. The van der Waals surface area contributed by atoms with E-state index in [9.17, 15) is 8.78 Å². The molecule has 5 heteroatoms. The smallest absolute Gasteiger partial charge is 0.137 e. The molecule has 0 fully saturated rings. The molecule has 0 amide bonds. The van der Waals surface area contributed by atoms with E-state index in [1.54, 1.807) is 12.3 Å². The summed E-state index contributed by atoms with van der Waals surface area (Å²) in [6, 6.07) is 3.73. The molecule has 0 radical (unpaired) electrons. The van der Waals surface area contributed by atoms with Crippen molar-refractivity contribution < 1.29 is 13.2 Å². The van der Waals surface area contributed by atoms with Crippen LogP contribution < -0.4 is 5.32 Å². The summed E-state index contributed by atoms with van der Waals surface area (Å²) in [4.78, 5) is 0. The summed E-state index contributed by atoms with van der Waals surface area (Å²) in [7, 11) is 0. The van der Waals surface area contributed by atoms with Gasteiger partial charge in [0, 0.05) is 11.1 Å². The molecule has 1 aromatic carbocycles. The Balaban J connectivity index is 2.46. The summed E-state index contributed by atoms with van der Waals surface area (Å²) in [5, 5.41) is 3.23. The maximum Gasteiger partial charge on any atom is 0.137 e. The second-order valence-electron chi connectivity index (χ2n) is 4.61. The molecule has 0 bridgehead atoms. The summed E-state index contributed by atoms with van der Waals surface area (Å²) in [6.45, 7) is 4.53. The quantitative estimate of drug-likeness (QED) is 0.794. The van der Waals surface area contributed by atoms with Gasteiger partial charge in [-0.3, -0.25) is 0 Å². The number of aryl methyl sites for hydroxylation is 1. The molecule has 0 saturated carbocycles. The number of furan rings is 1. The molecule has 1 heterocycles. The van der Waals surface area contributed by atoms with Gasteiger partial charge in [0.1, 0.15) is 17.4 Å². The van der Waals surface area contributed by atoms with Gasteiger partial charge in [0.2, 0.25) is 0 Å². The maximum absolute atomic E-state index is 14.2. The van der Waals surface area contributed by atoms with E-state index in [1.807, 2.05) is 13.8 Å². The molecule has 20 heavy (non-hydrogen) atoms. The molecule has 0 aliphatic carbocycles. The van der Waals surface area contributed by atoms with Crippen molar-refractivity contribution in [2.24, 2.45) is 0 Å². The zero-order chi connectivity index (χ0) is 14.7. The van der Waals surface area contributed by atoms with Crippen LogP contribution in [0.4, 0.5) is 8.78 Å². The van der Waals surface area contributed by atoms with Gasteiger partial charge in [0.05, 0.1) is 16.8 Å². The largest absolute Gasteiger partial charge is 0.469 e. The minimum atomic E-state index is -0.481. The first-order chi connectivity index (χ1) is 9.54. The van der Waals surface area contributed by atoms with Gasteiger partial charge in [-0.15, -0.1) is 0 Å². The Kier molecular flexibility index (Phi) is 4.94. The van der Waals surface area contributed by atoms with E-state index in [0.717, 1.165) is 18.1 Å². The fourth-order valence-corrected chi connectivity index (χ4v) is 2.45. The van der Waals surface area contributed by atoms with E-state index in [2.05, 4.69) is 21.2 Å². The molecule has 1 N–H and O–H groups in total. The van der Waals surface area contributed by atoms with Gasteiger partial charge in [-0.1, -0.05) is 6.92 Å². The molecule has 0 aliphatic heterocycles. The van der Waals surface area contributed by atoms with E-state index in [0.29, 0.717) is 12.3 Å². The Morgan fingerprint density at radius 1 is 1.25 bits per heavy atom. The minimum Gasteiger partial charge on any atom is -0.469 e. The van der Waals surface area contributed by atoms with E-state index in [1.165, 1.54) is 6.07 Å². The highest BCUT2D eigenvalue weighted by Gasteiger charge is 2.22.